The van der Waals surface area contributed by atoms with Crippen LogP contribution in [0, 0.1) is 0 Å². The minimum Gasteiger partial charge on any atom is -0.493 e. The molecule has 6 nitrogen and oxygen atoms in total. The summed E-state index contributed by atoms with van der Waals surface area (Å²) in [5, 5.41) is 2.64. The lowest BCUT2D eigenvalue weighted by atomic mass is 10.2. The fourth-order valence-electron chi connectivity index (χ4n) is 2.47. The zero-order valence-corrected chi connectivity index (χ0v) is 16.0. The third kappa shape index (κ3) is 7.30. The average molecular weight is 434 g/mol. The highest BCUT2D eigenvalue weighted by molar-refractivity contribution is 5.73. The van der Waals surface area contributed by atoms with E-state index in [1.54, 1.807) is 0 Å². The van der Waals surface area contributed by atoms with Crippen LogP contribution in [-0.2, 0) is 13.1 Å². The molecule has 2 aromatic rings. The molecule has 2 aromatic carbocycles. The van der Waals surface area contributed by atoms with Crippen molar-refractivity contribution < 1.29 is 41.0 Å². The van der Waals surface area contributed by atoms with E-state index in [9.17, 15) is 26.7 Å². The number of methoxy groups -OCH3 is 1. The van der Waals surface area contributed by atoms with E-state index in [-0.39, 0.29) is 30.3 Å². The number of carbonyl (C=O) groups is 1. The standard InChI is InChI=1S/C19H19F5N2O4/c1-26(11-12-3-6-14(7-4-12)30-19(22,23)24)18(27)25-10-13-5-8-15(29-17(20)21)16(9-13)28-2/h3-9,17H,10-11H2,1-2H3,(H,25,27). The highest BCUT2D eigenvalue weighted by Crippen LogP contribution is 2.29. The minimum atomic E-state index is -4.77. The lowest BCUT2D eigenvalue weighted by molar-refractivity contribution is -0.274. The number of urea groups is 1. The first-order valence-corrected chi connectivity index (χ1v) is 8.53. The van der Waals surface area contributed by atoms with Gasteiger partial charge in [0.1, 0.15) is 5.75 Å². The van der Waals surface area contributed by atoms with Gasteiger partial charge in [0.05, 0.1) is 7.11 Å². The number of carbonyl (C=O) groups excluding carboxylic acids is 1. The van der Waals surface area contributed by atoms with Gasteiger partial charge in [0.2, 0.25) is 0 Å². The van der Waals surface area contributed by atoms with E-state index in [1.807, 2.05) is 0 Å². The fourth-order valence-corrected chi connectivity index (χ4v) is 2.47. The molecule has 0 aliphatic rings. The van der Waals surface area contributed by atoms with Crippen LogP contribution >= 0.6 is 0 Å². The fraction of sp³-hybridized carbons (Fsp3) is 0.316. The van der Waals surface area contributed by atoms with Gasteiger partial charge in [-0.2, -0.15) is 8.78 Å². The molecular formula is C19H19F5N2O4. The van der Waals surface area contributed by atoms with Crippen molar-refractivity contribution in [1.29, 1.82) is 0 Å². The molecule has 0 radical (unpaired) electrons. The van der Waals surface area contributed by atoms with E-state index in [4.69, 9.17) is 4.74 Å². The van der Waals surface area contributed by atoms with Crippen molar-refractivity contribution in [3.05, 3.63) is 53.6 Å². The van der Waals surface area contributed by atoms with Crippen LogP contribution in [0.2, 0.25) is 0 Å². The third-order valence-electron chi connectivity index (χ3n) is 3.81. The predicted molar refractivity (Wildman–Crippen MR) is 96.5 cm³/mol. The molecule has 2 amide bonds. The highest BCUT2D eigenvalue weighted by Gasteiger charge is 2.31. The van der Waals surface area contributed by atoms with Crippen LogP contribution in [0.25, 0.3) is 0 Å². The van der Waals surface area contributed by atoms with Gasteiger partial charge < -0.3 is 24.4 Å². The quantitative estimate of drug-likeness (QED) is 0.620. The van der Waals surface area contributed by atoms with Gasteiger partial charge in [0.15, 0.2) is 11.5 Å². The Balaban J connectivity index is 1.90. The Labute approximate surface area is 169 Å². The summed E-state index contributed by atoms with van der Waals surface area (Å²) in [4.78, 5) is 13.6. The highest BCUT2D eigenvalue weighted by atomic mass is 19.4. The summed E-state index contributed by atoms with van der Waals surface area (Å²) in [5.41, 5.74) is 1.18. The monoisotopic (exact) mass is 434 g/mol. The largest absolute Gasteiger partial charge is 0.573 e. The number of benzene rings is 2. The van der Waals surface area contributed by atoms with Gasteiger partial charge in [-0.3, -0.25) is 0 Å². The number of alkyl halides is 5. The topological polar surface area (TPSA) is 60.0 Å². The molecule has 1 N–H and O–H groups in total. The van der Waals surface area contributed by atoms with Crippen molar-refractivity contribution in [1.82, 2.24) is 10.2 Å². The van der Waals surface area contributed by atoms with Gasteiger partial charge in [-0.05, 0) is 35.4 Å². The summed E-state index contributed by atoms with van der Waals surface area (Å²) < 4.78 is 74.4. The molecule has 0 spiro atoms. The summed E-state index contributed by atoms with van der Waals surface area (Å²) in [6.45, 7) is -2.76. The second kappa shape index (κ2) is 9.99. The summed E-state index contributed by atoms with van der Waals surface area (Å²) in [6, 6.07) is 8.96. The van der Waals surface area contributed by atoms with Crippen molar-refractivity contribution in [3.8, 4) is 17.2 Å². The van der Waals surface area contributed by atoms with Crippen LogP contribution in [0.4, 0.5) is 26.7 Å². The van der Waals surface area contributed by atoms with Crippen LogP contribution in [-0.4, -0.2) is 38.1 Å². The summed E-state index contributed by atoms with van der Waals surface area (Å²) in [5.74, 6) is -0.388. The first-order chi connectivity index (χ1) is 14.1. The number of hydrogen-bond acceptors (Lipinski definition) is 4. The Kier molecular flexibility index (Phi) is 7.67. The second-order valence-electron chi connectivity index (χ2n) is 6.07. The molecule has 0 saturated heterocycles. The summed E-state index contributed by atoms with van der Waals surface area (Å²) in [7, 11) is 2.81. The number of amides is 2. The molecule has 0 aliphatic carbocycles. The zero-order valence-electron chi connectivity index (χ0n) is 16.0. The molecule has 0 fully saturated rings. The molecule has 0 aliphatic heterocycles. The Hall–Kier alpha value is -3.24. The normalized spacial score (nSPS) is 11.2. The number of nitrogens with zero attached hydrogens (tertiary/aromatic N) is 1. The van der Waals surface area contributed by atoms with Crippen molar-refractivity contribution >= 4 is 6.03 Å². The zero-order chi connectivity index (χ0) is 22.3. The van der Waals surface area contributed by atoms with Gasteiger partial charge in [0, 0.05) is 20.1 Å². The molecule has 30 heavy (non-hydrogen) atoms. The lowest BCUT2D eigenvalue weighted by Crippen LogP contribution is -2.36. The molecule has 0 unspecified atom stereocenters. The van der Waals surface area contributed by atoms with E-state index >= 15 is 0 Å². The number of rotatable bonds is 8. The Bertz CT molecular complexity index is 844. The molecule has 0 bridgehead atoms. The van der Waals surface area contributed by atoms with E-state index in [2.05, 4.69) is 14.8 Å². The van der Waals surface area contributed by atoms with Crippen LogP contribution in [0.5, 0.6) is 17.2 Å². The van der Waals surface area contributed by atoms with E-state index in [1.165, 1.54) is 49.4 Å². The van der Waals surface area contributed by atoms with Crippen LogP contribution in [0.15, 0.2) is 42.5 Å². The van der Waals surface area contributed by atoms with Crippen LogP contribution < -0.4 is 19.5 Å². The number of ether oxygens (including phenoxy) is 3. The Morgan fingerprint density at radius 2 is 1.70 bits per heavy atom. The molecular weight excluding hydrogens is 415 g/mol. The summed E-state index contributed by atoms with van der Waals surface area (Å²) in [6.07, 6.45) is -4.77. The van der Waals surface area contributed by atoms with Crippen molar-refractivity contribution in [2.24, 2.45) is 0 Å². The molecule has 2 rings (SSSR count). The Morgan fingerprint density at radius 3 is 2.27 bits per heavy atom. The maximum atomic E-state index is 12.4. The molecule has 164 valence electrons. The number of hydrogen-bond donors (Lipinski definition) is 1. The predicted octanol–water partition coefficient (Wildman–Crippen LogP) is 4.54. The third-order valence-corrected chi connectivity index (χ3v) is 3.81. The lowest BCUT2D eigenvalue weighted by Gasteiger charge is -2.19. The van der Waals surface area contributed by atoms with Crippen molar-refractivity contribution in [3.63, 3.8) is 0 Å². The van der Waals surface area contributed by atoms with Crippen LogP contribution in [0.3, 0.4) is 0 Å². The average Bonchev–Trinajstić information content (AvgIpc) is 2.66. The second-order valence-corrected chi connectivity index (χ2v) is 6.07. The van der Waals surface area contributed by atoms with Crippen molar-refractivity contribution in [2.75, 3.05) is 14.2 Å². The van der Waals surface area contributed by atoms with E-state index in [0.717, 1.165) is 12.1 Å². The molecule has 0 atom stereocenters. The van der Waals surface area contributed by atoms with Gasteiger partial charge in [-0.25, -0.2) is 4.79 Å². The van der Waals surface area contributed by atoms with Gasteiger partial charge in [-0.1, -0.05) is 18.2 Å². The van der Waals surface area contributed by atoms with E-state index in [0.29, 0.717) is 11.1 Å². The van der Waals surface area contributed by atoms with Gasteiger partial charge in [-0.15, -0.1) is 13.2 Å². The SMILES string of the molecule is COc1cc(CNC(=O)N(C)Cc2ccc(OC(F)(F)F)cc2)ccc1OC(F)F. The maximum absolute atomic E-state index is 12.4. The first kappa shape index (κ1) is 23.0. The molecule has 0 saturated carbocycles. The molecule has 0 aromatic heterocycles. The molecule has 0 heterocycles. The van der Waals surface area contributed by atoms with Crippen LogP contribution in [0.1, 0.15) is 11.1 Å². The molecule has 11 heteroatoms. The first-order valence-electron chi connectivity index (χ1n) is 8.53. The van der Waals surface area contributed by atoms with Crippen molar-refractivity contribution in [2.45, 2.75) is 26.1 Å². The maximum Gasteiger partial charge on any atom is 0.573 e. The number of halogens is 5. The summed E-state index contributed by atoms with van der Waals surface area (Å²) >= 11 is 0. The number of nitrogens with one attached hydrogen (secondary N) is 1. The van der Waals surface area contributed by atoms with Gasteiger partial charge in [0.25, 0.3) is 0 Å². The van der Waals surface area contributed by atoms with Gasteiger partial charge >= 0.3 is 19.0 Å². The van der Waals surface area contributed by atoms with E-state index < -0.39 is 19.0 Å². The smallest absolute Gasteiger partial charge is 0.493 e. The Morgan fingerprint density at radius 1 is 1.07 bits per heavy atom. The minimum absolute atomic E-state index is 0.0901.